The molecule has 0 spiro atoms. The molecule has 3 rings (SSSR count). The number of carbonyl (C=O) groups is 1. The molecule has 5 heteroatoms. The van der Waals surface area contributed by atoms with Crippen LogP contribution >= 0.6 is 22.9 Å². The number of aryl methyl sites for hydroxylation is 1. The van der Waals surface area contributed by atoms with Gasteiger partial charge in [-0.15, -0.1) is 0 Å². The number of benzene rings is 1. The van der Waals surface area contributed by atoms with E-state index in [1.165, 1.54) is 0 Å². The zero-order valence-electron chi connectivity index (χ0n) is 10.7. The van der Waals surface area contributed by atoms with Gasteiger partial charge in [-0.2, -0.15) is 11.3 Å². The van der Waals surface area contributed by atoms with Gasteiger partial charge in [0.25, 0.3) is 5.24 Å². The van der Waals surface area contributed by atoms with Crippen LogP contribution in [-0.4, -0.2) is 5.24 Å². The third kappa shape index (κ3) is 2.44. The minimum atomic E-state index is -0.517. The zero-order chi connectivity index (χ0) is 14.1. The highest BCUT2D eigenvalue weighted by atomic mass is 35.5. The van der Waals surface area contributed by atoms with Gasteiger partial charge in [0.1, 0.15) is 23.7 Å². The summed E-state index contributed by atoms with van der Waals surface area (Å²) in [6.07, 6.45) is 0. The molecule has 2 heterocycles. The number of hydrogen-bond acceptors (Lipinski definition) is 4. The molecular formula is C15H11ClO3S. The number of carbonyl (C=O) groups excluding carboxylic acids is 1. The Kier molecular flexibility index (Phi) is 3.51. The van der Waals surface area contributed by atoms with Gasteiger partial charge in [0.2, 0.25) is 0 Å². The van der Waals surface area contributed by atoms with E-state index in [2.05, 4.69) is 0 Å². The molecule has 3 aromatic rings. The van der Waals surface area contributed by atoms with Crippen molar-refractivity contribution in [1.29, 1.82) is 0 Å². The molecule has 0 bridgehead atoms. The van der Waals surface area contributed by atoms with Crippen molar-refractivity contribution in [2.75, 3.05) is 0 Å². The van der Waals surface area contributed by atoms with Crippen molar-refractivity contribution in [3.05, 3.63) is 51.9 Å². The SMILES string of the molecule is Cc1oc2ccc(OCc3ccsc3)cc2c1C(=O)Cl. The second-order valence-electron chi connectivity index (χ2n) is 4.39. The molecule has 0 amide bonds. The van der Waals surface area contributed by atoms with Crippen molar-refractivity contribution in [3.8, 4) is 5.75 Å². The Morgan fingerprint density at radius 1 is 1.40 bits per heavy atom. The van der Waals surface area contributed by atoms with Gasteiger partial charge in [0.05, 0.1) is 5.56 Å². The quantitative estimate of drug-likeness (QED) is 0.652. The van der Waals surface area contributed by atoms with Gasteiger partial charge in [-0.1, -0.05) is 0 Å². The van der Waals surface area contributed by atoms with E-state index in [4.69, 9.17) is 20.8 Å². The summed E-state index contributed by atoms with van der Waals surface area (Å²) in [7, 11) is 0. The van der Waals surface area contributed by atoms with Crippen LogP contribution in [0.3, 0.4) is 0 Å². The third-order valence-electron chi connectivity index (χ3n) is 3.02. The van der Waals surface area contributed by atoms with Crippen LogP contribution in [0.5, 0.6) is 5.75 Å². The van der Waals surface area contributed by atoms with Crippen LogP contribution in [0.4, 0.5) is 0 Å². The van der Waals surface area contributed by atoms with Crippen LogP contribution in [0.25, 0.3) is 11.0 Å². The van der Waals surface area contributed by atoms with E-state index in [0.29, 0.717) is 34.6 Å². The first-order chi connectivity index (χ1) is 9.65. The molecule has 0 N–H and O–H groups in total. The lowest BCUT2D eigenvalue weighted by Gasteiger charge is -2.04. The number of halogens is 1. The molecule has 0 aliphatic rings. The van der Waals surface area contributed by atoms with E-state index in [1.54, 1.807) is 30.4 Å². The van der Waals surface area contributed by atoms with Crippen LogP contribution in [0.15, 0.2) is 39.4 Å². The first kappa shape index (κ1) is 13.2. The van der Waals surface area contributed by atoms with Crippen LogP contribution in [0, 0.1) is 6.92 Å². The highest BCUT2D eigenvalue weighted by Crippen LogP contribution is 2.30. The molecule has 20 heavy (non-hydrogen) atoms. The summed E-state index contributed by atoms with van der Waals surface area (Å²) < 4.78 is 11.2. The van der Waals surface area contributed by atoms with E-state index in [-0.39, 0.29) is 0 Å². The van der Waals surface area contributed by atoms with E-state index < -0.39 is 5.24 Å². The van der Waals surface area contributed by atoms with Gasteiger partial charge in [0.15, 0.2) is 0 Å². The molecule has 0 saturated carbocycles. The minimum Gasteiger partial charge on any atom is -0.489 e. The first-order valence-corrected chi connectivity index (χ1v) is 7.34. The zero-order valence-corrected chi connectivity index (χ0v) is 12.3. The first-order valence-electron chi connectivity index (χ1n) is 6.02. The van der Waals surface area contributed by atoms with Gasteiger partial charge in [0, 0.05) is 5.39 Å². The normalized spacial score (nSPS) is 10.9. The Labute approximate surface area is 124 Å². The van der Waals surface area contributed by atoms with Gasteiger partial charge in [-0.3, -0.25) is 4.79 Å². The average Bonchev–Trinajstić information content (AvgIpc) is 3.01. The Morgan fingerprint density at radius 3 is 2.95 bits per heavy atom. The van der Waals surface area contributed by atoms with Crippen molar-refractivity contribution in [1.82, 2.24) is 0 Å². The molecule has 0 aliphatic heterocycles. The van der Waals surface area contributed by atoms with Crippen molar-refractivity contribution in [3.63, 3.8) is 0 Å². The van der Waals surface area contributed by atoms with Gasteiger partial charge >= 0.3 is 0 Å². The Balaban J connectivity index is 1.93. The standard InChI is InChI=1S/C15H11ClO3S/c1-9-14(15(16)17)12-6-11(2-3-13(12)19-9)18-7-10-4-5-20-8-10/h2-6,8H,7H2,1H3. The lowest BCUT2D eigenvalue weighted by atomic mass is 10.1. The Bertz CT molecular complexity index is 759. The van der Waals surface area contributed by atoms with Crippen LogP contribution in [-0.2, 0) is 6.61 Å². The second-order valence-corrected chi connectivity index (χ2v) is 5.51. The molecule has 102 valence electrons. The molecule has 3 nitrogen and oxygen atoms in total. The Morgan fingerprint density at radius 2 is 2.25 bits per heavy atom. The van der Waals surface area contributed by atoms with E-state index in [9.17, 15) is 4.79 Å². The molecule has 0 saturated heterocycles. The summed E-state index contributed by atoms with van der Waals surface area (Å²) in [5, 5.41) is 4.21. The van der Waals surface area contributed by atoms with Gasteiger partial charge in [-0.25, -0.2) is 0 Å². The highest BCUT2D eigenvalue weighted by molar-refractivity contribution is 7.07. The average molecular weight is 307 g/mol. The summed E-state index contributed by atoms with van der Waals surface area (Å²) in [5.41, 5.74) is 2.16. The molecule has 0 aliphatic carbocycles. The molecule has 2 aromatic heterocycles. The van der Waals surface area contributed by atoms with E-state index >= 15 is 0 Å². The molecule has 0 atom stereocenters. The number of ether oxygens (including phenoxy) is 1. The number of thiophene rings is 1. The molecule has 0 radical (unpaired) electrons. The largest absolute Gasteiger partial charge is 0.489 e. The van der Waals surface area contributed by atoms with Crippen LogP contribution in [0.2, 0.25) is 0 Å². The maximum atomic E-state index is 11.5. The third-order valence-corrected chi connectivity index (χ3v) is 3.94. The molecule has 1 aromatic carbocycles. The lowest BCUT2D eigenvalue weighted by Crippen LogP contribution is -1.94. The smallest absolute Gasteiger partial charge is 0.256 e. The number of rotatable bonds is 4. The van der Waals surface area contributed by atoms with Crippen molar-refractivity contribution in [2.24, 2.45) is 0 Å². The summed E-state index contributed by atoms with van der Waals surface area (Å²) in [5.74, 6) is 1.21. The molecule has 0 fully saturated rings. The number of hydrogen-bond donors (Lipinski definition) is 0. The van der Waals surface area contributed by atoms with Crippen LogP contribution < -0.4 is 4.74 Å². The van der Waals surface area contributed by atoms with Gasteiger partial charge < -0.3 is 9.15 Å². The van der Waals surface area contributed by atoms with Crippen molar-refractivity contribution < 1.29 is 13.9 Å². The minimum absolute atomic E-state index is 0.405. The maximum Gasteiger partial charge on any atom is 0.256 e. The fourth-order valence-corrected chi connectivity index (χ4v) is 2.96. The lowest BCUT2D eigenvalue weighted by molar-refractivity contribution is 0.108. The fraction of sp³-hybridized carbons (Fsp3) is 0.133. The number of furan rings is 1. The highest BCUT2D eigenvalue weighted by Gasteiger charge is 2.16. The fourth-order valence-electron chi connectivity index (χ4n) is 2.07. The second kappa shape index (κ2) is 5.31. The Hall–Kier alpha value is -1.78. The van der Waals surface area contributed by atoms with E-state index in [1.807, 2.05) is 22.9 Å². The summed E-state index contributed by atoms with van der Waals surface area (Å²) in [6.45, 7) is 2.22. The van der Waals surface area contributed by atoms with Gasteiger partial charge in [-0.05, 0) is 59.1 Å². The maximum absolute atomic E-state index is 11.5. The predicted molar refractivity (Wildman–Crippen MR) is 79.8 cm³/mol. The predicted octanol–water partition coefficient (Wildman–Crippen LogP) is 4.76. The monoisotopic (exact) mass is 306 g/mol. The van der Waals surface area contributed by atoms with Crippen molar-refractivity contribution >= 4 is 39.1 Å². The molecular weight excluding hydrogens is 296 g/mol. The molecule has 0 unspecified atom stereocenters. The van der Waals surface area contributed by atoms with Crippen molar-refractivity contribution in [2.45, 2.75) is 13.5 Å². The summed E-state index contributed by atoms with van der Waals surface area (Å²) in [4.78, 5) is 11.5. The summed E-state index contributed by atoms with van der Waals surface area (Å²) in [6, 6.07) is 7.40. The topological polar surface area (TPSA) is 39.4 Å². The van der Waals surface area contributed by atoms with E-state index in [0.717, 1.165) is 5.56 Å². The number of fused-ring (bicyclic) bond motifs is 1. The van der Waals surface area contributed by atoms with Crippen LogP contribution in [0.1, 0.15) is 21.7 Å². The summed E-state index contributed by atoms with van der Waals surface area (Å²) >= 11 is 7.23.